The number of Topliss-reactive ketones (excluding diaryl/α,β-unsaturated/α-hetero) is 1. The number of benzene rings is 2. The monoisotopic (exact) mass is 617 g/mol. The van der Waals surface area contributed by atoms with Gasteiger partial charge in [0.2, 0.25) is 17.6 Å². The summed E-state index contributed by atoms with van der Waals surface area (Å²) in [6, 6.07) is 18.8. The van der Waals surface area contributed by atoms with Crippen LogP contribution in [0.1, 0.15) is 41.2 Å². The van der Waals surface area contributed by atoms with Crippen molar-refractivity contribution in [1.29, 1.82) is 0 Å². The number of nitrogens with one attached hydrogen (secondary N) is 3. The van der Waals surface area contributed by atoms with Crippen molar-refractivity contribution < 1.29 is 27.2 Å². The molecule has 2 amide bonds. The van der Waals surface area contributed by atoms with E-state index < -0.39 is 51.0 Å². The van der Waals surface area contributed by atoms with Gasteiger partial charge in [-0.1, -0.05) is 48.5 Å². The van der Waals surface area contributed by atoms with E-state index in [1.807, 2.05) is 30.3 Å². The first-order chi connectivity index (χ1) is 21.3. The molecule has 1 fully saturated rings. The van der Waals surface area contributed by atoms with Crippen LogP contribution in [0.2, 0.25) is 0 Å². The van der Waals surface area contributed by atoms with Crippen molar-refractivity contribution >= 4 is 38.5 Å². The smallest absolute Gasteiger partial charge is 0.266 e. The maximum absolute atomic E-state index is 13.8. The first kappa shape index (κ1) is 31.0. The van der Waals surface area contributed by atoms with Gasteiger partial charge < -0.3 is 20.4 Å². The first-order valence-corrected chi connectivity index (χ1v) is 16.4. The molecule has 3 heterocycles. The molecule has 2 aromatic carbocycles. The Morgan fingerprint density at radius 3 is 2.36 bits per heavy atom. The number of hydrogen-bond donors (Lipinski definition) is 3. The molecule has 0 saturated carbocycles. The van der Waals surface area contributed by atoms with Crippen LogP contribution in [0, 0.1) is 5.92 Å². The van der Waals surface area contributed by atoms with E-state index in [4.69, 9.17) is 4.42 Å². The zero-order chi connectivity index (χ0) is 30.9. The first-order valence-electron chi connectivity index (χ1n) is 14.6. The summed E-state index contributed by atoms with van der Waals surface area (Å²) < 4.78 is 32.2. The molecule has 230 valence electrons. The van der Waals surface area contributed by atoms with Gasteiger partial charge in [0.05, 0.1) is 23.2 Å². The highest BCUT2D eigenvalue weighted by Gasteiger charge is 2.34. The summed E-state index contributed by atoms with van der Waals surface area (Å²) in [5.41, 5.74) is 2.20. The van der Waals surface area contributed by atoms with Gasteiger partial charge in [-0.25, -0.2) is 13.4 Å². The van der Waals surface area contributed by atoms with Gasteiger partial charge >= 0.3 is 0 Å². The number of amides is 2. The fourth-order valence-corrected chi connectivity index (χ4v) is 6.68. The van der Waals surface area contributed by atoms with Crippen LogP contribution in [-0.4, -0.2) is 66.9 Å². The van der Waals surface area contributed by atoms with E-state index in [9.17, 15) is 22.8 Å². The number of rotatable bonds is 13. The number of carbonyl (C=O) groups excluding carboxylic acids is 3. The molecule has 0 aliphatic carbocycles. The molecule has 0 unspecified atom stereocenters. The number of ketones is 1. The molecule has 1 saturated heterocycles. The molecule has 11 nitrogen and oxygen atoms in total. The van der Waals surface area contributed by atoms with Crippen molar-refractivity contribution in [1.82, 2.24) is 25.9 Å². The van der Waals surface area contributed by atoms with Gasteiger partial charge in [-0.2, -0.15) is 0 Å². The molecule has 5 rings (SSSR count). The van der Waals surface area contributed by atoms with Crippen molar-refractivity contribution in [2.45, 2.75) is 43.5 Å². The topological polar surface area (TPSA) is 160 Å². The fourth-order valence-electron chi connectivity index (χ4n) is 5.20. The summed E-state index contributed by atoms with van der Waals surface area (Å²) in [4.78, 5) is 49.1. The molecular weight excluding hydrogens is 582 g/mol. The van der Waals surface area contributed by atoms with Gasteiger partial charge in [0.25, 0.3) is 5.89 Å². The number of fused-ring (bicyclic) bond motifs is 1. The third-order valence-corrected chi connectivity index (χ3v) is 9.14. The molecule has 0 radical (unpaired) electrons. The lowest BCUT2D eigenvalue weighted by Gasteiger charge is -2.26. The highest BCUT2D eigenvalue weighted by molar-refractivity contribution is 7.90. The second-order valence-corrected chi connectivity index (χ2v) is 13.0. The lowest BCUT2D eigenvalue weighted by Crippen LogP contribution is -2.55. The Hall–Kier alpha value is -4.42. The lowest BCUT2D eigenvalue weighted by molar-refractivity contribution is -0.131. The Balaban J connectivity index is 1.38. The maximum atomic E-state index is 13.8. The number of carbonyl (C=O) groups is 3. The Kier molecular flexibility index (Phi) is 10.1. The van der Waals surface area contributed by atoms with Gasteiger partial charge in [0.1, 0.15) is 11.6 Å². The maximum Gasteiger partial charge on any atom is 0.266 e. The van der Waals surface area contributed by atoms with Crippen molar-refractivity contribution in [2.24, 2.45) is 5.92 Å². The van der Waals surface area contributed by atoms with E-state index in [1.165, 1.54) is 6.20 Å². The Labute approximate surface area is 255 Å². The van der Waals surface area contributed by atoms with Gasteiger partial charge in [-0.15, -0.1) is 0 Å². The van der Waals surface area contributed by atoms with E-state index in [0.29, 0.717) is 49.1 Å². The number of pyridine rings is 1. The van der Waals surface area contributed by atoms with Crippen molar-refractivity contribution in [2.75, 3.05) is 18.8 Å². The predicted molar refractivity (Wildman–Crippen MR) is 164 cm³/mol. The molecule has 0 spiro atoms. The fraction of sp³-hybridized carbons (Fsp3) is 0.344. The van der Waals surface area contributed by atoms with Gasteiger partial charge in [0.15, 0.2) is 15.4 Å². The summed E-state index contributed by atoms with van der Waals surface area (Å²) in [5.74, 6) is -3.31. The number of oxazole rings is 1. The summed E-state index contributed by atoms with van der Waals surface area (Å²) in [7, 11) is -3.90. The minimum atomic E-state index is -3.90. The highest BCUT2D eigenvalue weighted by Crippen LogP contribution is 2.18. The van der Waals surface area contributed by atoms with Crippen molar-refractivity contribution in [3.63, 3.8) is 0 Å². The Morgan fingerprint density at radius 2 is 1.64 bits per heavy atom. The van der Waals surface area contributed by atoms with Crippen LogP contribution in [0.5, 0.6) is 0 Å². The quantitative estimate of drug-likeness (QED) is 0.192. The molecule has 1 aliphatic heterocycles. The average Bonchev–Trinajstić information content (AvgIpc) is 3.48. The zero-order valence-electron chi connectivity index (χ0n) is 24.1. The molecule has 2 aromatic heterocycles. The number of aryl methyl sites for hydroxylation is 1. The minimum absolute atomic E-state index is 0.164. The number of nitrogens with zero attached hydrogens (tertiary/aromatic N) is 2. The lowest BCUT2D eigenvalue weighted by atomic mass is 9.97. The molecule has 2 atom stereocenters. The van der Waals surface area contributed by atoms with E-state index >= 15 is 0 Å². The molecule has 12 heteroatoms. The molecule has 1 aliphatic rings. The van der Waals surface area contributed by atoms with Gasteiger partial charge in [-0.3, -0.25) is 19.4 Å². The van der Waals surface area contributed by atoms with E-state index in [-0.39, 0.29) is 18.2 Å². The van der Waals surface area contributed by atoms with E-state index in [2.05, 4.69) is 25.9 Å². The third kappa shape index (κ3) is 8.35. The number of sulfone groups is 1. The summed E-state index contributed by atoms with van der Waals surface area (Å²) in [6.45, 7) is 1.29. The van der Waals surface area contributed by atoms with E-state index in [0.717, 1.165) is 5.56 Å². The summed E-state index contributed by atoms with van der Waals surface area (Å²) in [5, 5.41) is 8.60. The van der Waals surface area contributed by atoms with Gasteiger partial charge in [0, 0.05) is 12.1 Å². The number of para-hydroxylation sites is 2. The van der Waals surface area contributed by atoms with Crippen LogP contribution in [0.25, 0.3) is 11.1 Å². The van der Waals surface area contributed by atoms with Crippen LogP contribution in [0.4, 0.5) is 0 Å². The average molecular weight is 618 g/mol. The molecular formula is C32H35N5O6S. The number of hydrogen-bond acceptors (Lipinski definition) is 9. The minimum Gasteiger partial charge on any atom is -0.434 e. The summed E-state index contributed by atoms with van der Waals surface area (Å²) in [6.07, 6.45) is 3.27. The number of piperidine rings is 1. The van der Waals surface area contributed by atoms with Crippen LogP contribution in [0.3, 0.4) is 0 Å². The predicted octanol–water partition coefficient (Wildman–Crippen LogP) is 2.62. The largest absolute Gasteiger partial charge is 0.434 e. The highest BCUT2D eigenvalue weighted by atomic mass is 32.2. The van der Waals surface area contributed by atoms with Crippen LogP contribution in [-0.2, 0) is 31.6 Å². The molecule has 4 aromatic rings. The summed E-state index contributed by atoms with van der Waals surface area (Å²) >= 11 is 0. The second-order valence-electron chi connectivity index (χ2n) is 10.9. The van der Waals surface area contributed by atoms with Gasteiger partial charge in [-0.05, 0) is 68.6 Å². The van der Waals surface area contributed by atoms with Crippen LogP contribution < -0.4 is 16.0 Å². The van der Waals surface area contributed by atoms with Crippen molar-refractivity contribution in [3.8, 4) is 0 Å². The Morgan fingerprint density at radius 1 is 0.909 bits per heavy atom. The van der Waals surface area contributed by atoms with Crippen molar-refractivity contribution in [3.05, 3.63) is 96.1 Å². The zero-order valence-corrected chi connectivity index (χ0v) is 25.0. The van der Waals surface area contributed by atoms with Crippen LogP contribution in [0.15, 0.2) is 83.4 Å². The molecule has 3 N–H and O–H groups in total. The Bertz CT molecular complexity index is 1650. The molecule has 44 heavy (non-hydrogen) atoms. The second kappa shape index (κ2) is 14.4. The van der Waals surface area contributed by atoms with E-state index in [1.54, 1.807) is 42.5 Å². The third-order valence-electron chi connectivity index (χ3n) is 7.56. The normalized spacial score (nSPS) is 15.4. The number of aromatic nitrogens is 2. The SMILES string of the molecule is O=C(N[C@@H](CS(=O)(=O)Cc1ccccn1)C(=O)N[C@@H](CCc1ccccc1)C(=O)c1nc2ccccc2o1)C1CCNCC1. The standard InChI is InChI=1S/C32H35N5O6S/c38-29(32-37-25-11-4-5-12-28(25)43-32)26(14-13-22-8-2-1-3-9-22)35-31(40)27(36-30(39)23-15-18-33-19-16-23)21-44(41,42)20-24-10-6-7-17-34-24/h1-12,17,23,26-27,33H,13-16,18-21H2,(H,35,40)(H,36,39)/t26-,27-/m0/s1. The molecule has 0 bridgehead atoms. The van der Waals surface area contributed by atoms with Crippen LogP contribution >= 0.6 is 0 Å².